The number of ether oxygens (including phenoxy) is 2. The summed E-state index contributed by atoms with van der Waals surface area (Å²) >= 11 is 3.57. The van der Waals surface area contributed by atoms with Gasteiger partial charge in [0.2, 0.25) is 0 Å². The molecule has 2 aromatic rings. The van der Waals surface area contributed by atoms with Gasteiger partial charge in [-0.3, -0.25) is 0 Å². The Balaban J connectivity index is 2.09. The summed E-state index contributed by atoms with van der Waals surface area (Å²) in [6, 6.07) is 14.2. The molecule has 0 heterocycles. The van der Waals surface area contributed by atoms with Crippen LogP contribution in [-0.2, 0) is 6.54 Å². The van der Waals surface area contributed by atoms with Crippen molar-refractivity contribution in [1.29, 1.82) is 0 Å². The predicted molar refractivity (Wildman–Crippen MR) is 88.9 cm³/mol. The molecule has 1 N–H and O–H groups in total. The smallest absolute Gasteiger partial charge is 0.123 e. The second kappa shape index (κ2) is 7.48. The molecule has 2 rings (SSSR count). The summed E-state index contributed by atoms with van der Waals surface area (Å²) < 4.78 is 11.8. The molecule has 1 atom stereocenters. The first-order chi connectivity index (χ1) is 10.2. The molecule has 0 bridgehead atoms. The highest BCUT2D eigenvalue weighted by atomic mass is 79.9. The Morgan fingerprint density at radius 3 is 2.57 bits per heavy atom. The molecule has 0 fully saturated rings. The zero-order chi connectivity index (χ0) is 15.2. The van der Waals surface area contributed by atoms with Crippen LogP contribution in [0.2, 0.25) is 0 Å². The minimum absolute atomic E-state index is 0.194. The van der Waals surface area contributed by atoms with Crippen LogP contribution in [0.5, 0.6) is 11.5 Å². The van der Waals surface area contributed by atoms with E-state index in [0.717, 1.165) is 33.6 Å². The highest BCUT2D eigenvalue weighted by Gasteiger charge is 2.11. The molecule has 21 heavy (non-hydrogen) atoms. The monoisotopic (exact) mass is 349 g/mol. The van der Waals surface area contributed by atoms with Crippen LogP contribution in [0.4, 0.5) is 0 Å². The van der Waals surface area contributed by atoms with Gasteiger partial charge >= 0.3 is 0 Å². The summed E-state index contributed by atoms with van der Waals surface area (Å²) in [5, 5.41) is 3.52. The lowest BCUT2D eigenvalue weighted by Gasteiger charge is -2.18. The number of hydrogen-bond donors (Lipinski definition) is 1. The number of hydrogen-bond acceptors (Lipinski definition) is 3. The first-order valence-corrected chi connectivity index (χ1v) is 7.63. The molecule has 3 nitrogen and oxygen atoms in total. The van der Waals surface area contributed by atoms with E-state index in [4.69, 9.17) is 9.47 Å². The fourth-order valence-corrected chi connectivity index (χ4v) is 2.60. The molecule has 0 radical (unpaired) electrons. The Hall–Kier alpha value is -1.52. The Kier molecular flexibility index (Phi) is 5.65. The summed E-state index contributed by atoms with van der Waals surface area (Å²) in [7, 11) is 3.38. The van der Waals surface area contributed by atoms with Crippen molar-refractivity contribution in [3.8, 4) is 11.5 Å². The number of benzene rings is 2. The molecule has 0 aliphatic heterocycles. The van der Waals surface area contributed by atoms with Crippen LogP contribution < -0.4 is 14.8 Å². The quantitative estimate of drug-likeness (QED) is 0.842. The molecular formula is C17H20BrNO2. The summed E-state index contributed by atoms with van der Waals surface area (Å²) in [5.74, 6) is 1.77. The van der Waals surface area contributed by atoms with Gasteiger partial charge < -0.3 is 14.8 Å². The Morgan fingerprint density at radius 1 is 1.10 bits per heavy atom. The van der Waals surface area contributed by atoms with Crippen LogP contribution >= 0.6 is 15.9 Å². The third-order valence-corrected chi connectivity index (χ3v) is 4.23. The highest BCUT2D eigenvalue weighted by molar-refractivity contribution is 9.10. The molecule has 0 amide bonds. The van der Waals surface area contributed by atoms with Gasteiger partial charge in [-0.05, 0) is 36.8 Å². The lowest BCUT2D eigenvalue weighted by Crippen LogP contribution is -2.19. The number of para-hydroxylation sites is 1. The van der Waals surface area contributed by atoms with Gasteiger partial charge in [-0.1, -0.05) is 34.1 Å². The third kappa shape index (κ3) is 3.99. The van der Waals surface area contributed by atoms with E-state index in [9.17, 15) is 0 Å². The minimum atomic E-state index is 0.194. The lowest BCUT2D eigenvalue weighted by molar-refractivity contribution is 0.401. The zero-order valence-electron chi connectivity index (χ0n) is 12.5. The second-order valence-corrected chi connectivity index (χ2v) is 5.66. The van der Waals surface area contributed by atoms with Gasteiger partial charge in [0.1, 0.15) is 11.5 Å². The summed E-state index contributed by atoms with van der Waals surface area (Å²) in [5.41, 5.74) is 2.31. The van der Waals surface area contributed by atoms with E-state index >= 15 is 0 Å². The summed E-state index contributed by atoms with van der Waals surface area (Å²) in [4.78, 5) is 0. The van der Waals surface area contributed by atoms with Gasteiger partial charge in [-0.15, -0.1) is 0 Å². The maximum Gasteiger partial charge on any atom is 0.123 e. The second-order valence-electron chi connectivity index (χ2n) is 4.80. The fraction of sp³-hybridized carbons (Fsp3) is 0.294. The van der Waals surface area contributed by atoms with Crippen molar-refractivity contribution in [2.24, 2.45) is 0 Å². The van der Waals surface area contributed by atoms with Crippen molar-refractivity contribution < 1.29 is 9.47 Å². The molecule has 0 aromatic heterocycles. The van der Waals surface area contributed by atoms with E-state index in [1.54, 1.807) is 14.2 Å². The molecule has 0 aliphatic rings. The van der Waals surface area contributed by atoms with Gasteiger partial charge in [0.15, 0.2) is 0 Å². The molecule has 0 saturated heterocycles. The zero-order valence-corrected chi connectivity index (χ0v) is 14.1. The van der Waals surface area contributed by atoms with Gasteiger partial charge in [-0.25, -0.2) is 0 Å². The Labute approximate surface area is 134 Å². The van der Waals surface area contributed by atoms with Gasteiger partial charge in [0.05, 0.1) is 14.2 Å². The average Bonchev–Trinajstić information content (AvgIpc) is 2.53. The standard InChI is InChI=1S/C17H20BrNO2/c1-12(15-6-4-5-7-17(15)21-3)19-11-13-10-14(20-2)8-9-16(13)18/h4-10,12,19H,11H2,1-3H3/t12-/m1/s1. The van der Waals surface area contributed by atoms with Crippen LogP contribution in [0.3, 0.4) is 0 Å². The Bertz CT molecular complexity index is 601. The van der Waals surface area contributed by atoms with E-state index in [0.29, 0.717) is 0 Å². The Morgan fingerprint density at radius 2 is 1.86 bits per heavy atom. The highest BCUT2D eigenvalue weighted by Crippen LogP contribution is 2.26. The first-order valence-electron chi connectivity index (χ1n) is 6.84. The van der Waals surface area contributed by atoms with Crippen LogP contribution in [0.15, 0.2) is 46.9 Å². The van der Waals surface area contributed by atoms with Crippen molar-refractivity contribution in [2.75, 3.05) is 14.2 Å². The van der Waals surface area contributed by atoms with Crippen LogP contribution in [0, 0.1) is 0 Å². The molecule has 0 aliphatic carbocycles. The number of nitrogens with one attached hydrogen (secondary N) is 1. The summed E-state index contributed by atoms with van der Waals surface area (Å²) in [6.07, 6.45) is 0. The SMILES string of the molecule is COc1ccc(Br)c(CN[C@H](C)c2ccccc2OC)c1. The fourth-order valence-electron chi connectivity index (χ4n) is 2.21. The lowest BCUT2D eigenvalue weighted by atomic mass is 10.1. The van der Waals surface area contributed by atoms with Crippen LogP contribution in [0.1, 0.15) is 24.1 Å². The van der Waals surface area contributed by atoms with Crippen molar-refractivity contribution >= 4 is 15.9 Å². The first kappa shape index (κ1) is 15.9. The largest absolute Gasteiger partial charge is 0.497 e. The molecule has 0 spiro atoms. The predicted octanol–water partition coefficient (Wildman–Crippen LogP) is 4.32. The molecule has 4 heteroatoms. The third-order valence-electron chi connectivity index (χ3n) is 3.46. The van der Waals surface area contributed by atoms with Gasteiger partial charge in [-0.2, -0.15) is 0 Å². The molecule has 0 unspecified atom stereocenters. The van der Waals surface area contributed by atoms with Crippen LogP contribution in [-0.4, -0.2) is 14.2 Å². The van der Waals surface area contributed by atoms with Crippen molar-refractivity contribution in [3.05, 3.63) is 58.1 Å². The van der Waals surface area contributed by atoms with E-state index in [-0.39, 0.29) is 6.04 Å². The number of rotatable bonds is 6. The van der Waals surface area contributed by atoms with E-state index in [1.807, 2.05) is 36.4 Å². The normalized spacial score (nSPS) is 12.0. The minimum Gasteiger partial charge on any atom is -0.497 e. The van der Waals surface area contributed by atoms with E-state index < -0.39 is 0 Å². The molecule has 2 aromatic carbocycles. The average molecular weight is 350 g/mol. The van der Waals surface area contributed by atoms with Gasteiger partial charge in [0, 0.05) is 22.6 Å². The maximum absolute atomic E-state index is 5.41. The van der Waals surface area contributed by atoms with Crippen molar-refractivity contribution in [1.82, 2.24) is 5.32 Å². The van der Waals surface area contributed by atoms with E-state index in [2.05, 4.69) is 34.2 Å². The number of methoxy groups -OCH3 is 2. The maximum atomic E-state index is 5.41. The van der Waals surface area contributed by atoms with Crippen molar-refractivity contribution in [2.45, 2.75) is 19.5 Å². The summed E-state index contributed by atoms with van der Waals surface area (Å²) in [6.45, 7) is 2.88. The molecule has 0 saturated carbocycles. The van der Waals surface area contributed by atoms with E-state index in [1.165, 1.54) is 0 Å². The van der Waals surface area contributed by atoms with Crippen LogP contribution in [0.25, 0.3) is 0 Å². The van der Waals surface area contributed by atoms with Gasteiger partial charge in [0.25, 0.3) is 0 Å². The molecule has 112 valence electrons. The van der Waals surface area contributed by atoms with Crippen molar-refractivity contribution in [3.63, 3.8) is 0 Å². The topological polar surface area (TPSA) is 30.5 Å². The number of halogens is 1. The molecular weight excluding hydrogens is 330 g/mol.